The summed E-state index contributed by atoms with van der Waals surface area (Å²) in [5.41, 5.74) is 0.664. The van der Waals surface area contributed by atoms with Crippen LogP contribution in [0.4, 0.5) is 0 Å². The number of piperidine rings is 1. The zero-order valence-electron chi connectivity index (χ0n) is 12.0. The summed E-state index contributed by atoms with van der Waals surface area (Å²) < 4.78 is 5.52. The average Bonchev–Trinajstić information content (AvgIpc) is 3.22. The van der Waals surface area contributed by atoms with Crippen molar-refractivity contribution in [3.05, 3.63) is 24.5 Å². The first-order valence-electron chi connectivity index (χ1n) is 7.74. The molecule has 3 heterocycles. The third kappa shape index (κ3) is 2.81. The molecule has 0 bridgehead atoms. The molecule has 0 radical (unpaired) electrons. The Balaban J connectivity index is 1.55. The van der Waals surface area contributed by atoms with Gasteiger partial charge in [0, 0.05) is 18.9 Å². The number of aromatic nitrogens is 4. The van der Waals surface area contributed by atoms with Crippen LogP contribution in [0.2, 0.25) is 0 Å². The molecule has 2 aliphatic rings. The van der Waals surface area contributed by atoms with Gasteiger partial charge in [0.15, 0.2) is 0 Å². The van der Waals surface area contributed by atoms with Crippen molar-refractivity contribution in [3.63, 3.8) is 0 Å². The van der Waals surface area contributed by atoms with Gasteiger partial charge < -0.3 is 4.52 Å². The third-order valence-corrected chi connectivity index (χ3v) is 4.32. The van der Waals surface area contributed by atoms with E-state index in [4.69, 9.17) is 4.52 Å². The largest absolute Gasteiger partial charge is 0.337 e. The zero-order valence-corrected chi connectivity index (χ0v) is 12.0. The molecule has 2 aromatic heterocycles. The lowest BCUT2D eigenvalue weighted by atomic mass is 10.0. The fourth-order valence-electron chi connectivity index (χ4n) is 3.01. The topological polar surface area (TPSA) is 67.9 Å². The second kappa shape index (κ2) is 5.52. The second-order valence-electron chi connectivity index (χ2n) is 6.00. The highest BCUT2D eigenvalue weighted by molar-refractivity contribution is 5.45. The van der Waals surface area contributed by atoms with Crippen LogP contribution in [0.15, 0.2) is 23.1 Å². The minimum atomic E-state index is 0.275. The predicted octanol–water partition coefficient (Wildman–Crippen LogP) is 2.46. The van der Waals surface area contributed by atoms with Crippen molar-refractivity contribution in [2.75, 3.05) is 13.1 Å². The van der Waals surface area contributed by atoms with E-state index in [1.165, 1.54) is 32.2 Å². The van der Waals surface area contributed by atoms with Crippen molar-refractivity contribution in [2.24, 2.45) is 5.92 Å². The van der Waals surface area contributed by atoms with Crippen LogP contribution in [-0.4, -0.2) is 38.1 Å². The first-order chi connectivity index (χ1) is 10.4. The number of likely N-dealkylation sites (tertiary alicyclic amines) is 1. The fraction of sp³-hybridized carbons (Fsp3) is 0.600. The second-order valence-corrected chi connectivity index (χ2v) is 6.00. The first kappa shape index (κ1) is 12.9. The van der Waals surface area contributed by atoms with Crippen LogP contribution in [-0.2, 0) is 0 Å². The molecule has 0 unspecified atom stereocenters. The maximum atomic E-state index is 5.52. The van der Waals surface area contributed by atoms with E-state index in [-0.39, 0.29) is 6.04 Å². The molecule has 0 spiro atoms. The molecule has 6 heteroatoms. The van der Waals surface area contributed by atoms with E-state index in [9.17, 15) is 0 Å². The van der Waals surface area contributed by atoms with Gasteiger partial charge in [-0.1, -0.05) is 11.6 Å². The Bertz CT molecular complexity index is 595. The van der Waals surface area contributed by atoms with E-state index in [0.29, 0.717) is 11.5 Å². The van der Waals surface area contributed by atoms with Crippen molar-refractivity contribution in [3.8, 4) is 11.5 Å². The van der Waals surface area contributed by atoms with Gasteiger partial charge in [0.1, 0.15) is 5.69 Å². The Morgan fingerprint density at radius 1 is 1.19 bits per heavy atom. The molecule has 0 aromatic carbocycles. The van der Waals surface area contributed by atoms with Crippen LogP contribution >= 0.6 is 0 Å². The summed E-state index contributed by atoms with van der Waals surface area (Å²) >= 11 is 0. The van der Waals surface area contributed by atoms with E-state index in [1.807, 2.05) is 0 Å². The highest BCUT2D eigenvalue weighted by atomic mass is 16.5. The smallest absolute Gasteiger partial charge is 0.244 e. The molecular weight excluding hydrogens is 266 g/mol. The monoisotopic (exact) mass is 285 g/mol. The molecular formula is C15H19N5O. The lowest BCUT2D eigenvalue weighted by Gasteiger charge is -2.33. The van der Waals surface area contributed by atoms with Gasteiger partial charge in [-0.2, -0.15) is 4.98 Å². The molecule has 1 atom stereocenters. The first-order valence-corrected chi connectivity index (χ1v) is 7.74. The number of hydrogen-bond acceptors (Lipinski definition) is 6. The molecule has 1 aliphatic carbocycles. The minimum absolute atomic E-state index is 0.275. The van der Waals surface area contributed by atoms with Crippen molar-refractivity contribution < 1.29 is 4.52 Å². The van der Waals surface area contributed by atoms with Crippen molar-refractivity contribution >= 4 is 0 Å². The van der Waals surface area contributed by atoms with Gasteiger partial charge in [-0.3, -0.25) is 9.88 Å². The van der Waals surface area contributed by atoms with E-state index in [0.717, 1.165) is 24.8 Å². The Morgan fingerprint density at radius 2 is 2.14 bits per heavy atom. The lowest BCUT2D eigenvalue weighted by Crippen LogP contribution is -2.35. The van der Waals surface area contributed by atoms with Gasteiger partial charge in [-0.25, -0.2) is 4.98 Å². The summed E-state index contributed by atoms with van der Waals surface area (Å²) in [6.45, 7) is 2.32. The molecule has 0 N–H and O–H groups in total. The van der Waals surface area contributed by atoms with Crippen LogP contribution in [0.1, 0.15) is 44.0 Å². The van der Waals surface area contributed by atoms with Crippen molar-refractivity contribution in [2.45, 2.75) is 38.1 Å². The lowest BCUT2D eigenvalue weighted by molar-refractivity contribution is 0.113. The fourth-order valence-corrected chi connectivity index (χ4v) is 3.01. The number of rotatable bonds is 4. The van der Waals surface area contributed by atoms with Gasteiger partial charge in [0.05, 0.1) is 12.2 Å². The molecule has 21 heavy (non-hydrogen) atoms. The molecule has 4 rings (SSSR count). The van der Waals surface area contributed by atoms with E-state index in [2.05, 4.69) is 25.0 Å². The zero-order chi connectivity index (χ0) is 14.1. The molecule has 1 saturated carbocycles. The maximum absolute atomic E-state index is 5.52. The molecule has 2 aromatic rings. The van der Waals surface area contributed by atoms with Gasteiger partial charge in [0.25, 0.3) is 0 Å². The van der Waals surface area contributed by atoms with Gasteiger partial charge in [-0.05, 0) is 38.1 Å². The highest BCUT2D eigenvalue weighted by Crippen LogP contribution is 2.36. The molecule has 1 aliphatic heterocycles. The van der Waals surface area contributed by atoms with E-state index in [1.54, 1.807) is 18.6 Å². The Kier molecular flexibility index (Phi) is 3.39. The Morgan fingerprint density at radius 3 is 2.95 bits per heavy atom. The molecule has 1 saturated heterocycles. The summed E-state index contributed by atoms with van der Waals surface area (Å²) in [6.07, 6.45) is 11.3. The van der Waals surface area contributed by atoms with Crippen LogP contribution in [0, 0.1) is 5.92 Å². The van der Waals surface area contributed by atoms with Crippen LogP contribution in [0.5, 0.6) is 0 Å². The highest BCUT2D eigenvalue weighted by Gasteiger charge is 2.33. The SMILES string of the molecule is c1cnc(-c2noc([C@@H]3CCCCN3CC3CC3)n2)cn1. The molecule has 6 nitrogen and oxygen atoms in total. The molecule has 2 fully saturated rings. The molecule has 110 valence electrons. The van der Waals surface area contributed by atoms with Gasteiger partial charge in [-0.15, -0.1) is 0 Å². The maximum Gasteiger partial charge on any atom is 0.244 e. The van der Waals surface area contributed by atoms with Crippen LogP contribution in [0.3, 0.4) is 0 Å². The van der Waals surface area contributed by atoms with Crippen LogP contribution in [0.25, 0.3) is 11.5 Å². The summed E-state index contributed by atoms with van der Waals surface area (Å²) in [4.78, 5) is 15.4. The van der Waals surface area contributed by atoms with E-state index >= 15 is 0 Å². The van der Waals surface area contributed by atoms with Crippen molar-refractivity contribution in [1.29, 1.82) is 0 Å². The third-order valence-electron chi connectivity index (χ3n) is 4.32. The standard InChI is InChI=1S/C15H19N5O/c1-2-8-20(10-11-4-5-11)13(3-1)15-18-14(19-21-15)12-9-16-6-7-17-12/h6-7,9,11,13H,1-5,8,10H2/t13-/m0/s1. The average molecular weight is 285 g/mol. The van der Waals surface area contributed by atoms with Crippen LogP contribution < -0.4 is 0 Å². The summed E-state index contributed by atoms with van der Waals surface area (Å²) in [5, 5.41) is 4.08. The number of hydrogen-bond donors (Lipinski definition) is 0. The van der Waals surface area contributed by atoms with Crippen molar-refractivity contribution in [1.82, 2.24) is 25.0 Å². The normalized spacial score (nSPS) is 23.3. The van der Waals surface area contributed by atoms with E-state index < -0.39 is 0 Å². The minimum Gasteiger partial charge on any atom is -0.337 e. The Labute approximate surface area is 123 Å². The van der Waals surface area contributed by atoms with Gasteiger partial charge >= 0.3 is 0 Å². The summed E-state index contributed by atoms with van der Waals surface area (Å²) in [6, 6.07) is 0.275. The summed E-state index contributed by atoms with van der Waals surface area (Å²) in [5.74, 6) is 2.15. The quantitative estimate of drug-likeness (QED) is 0.859. The molecule has 0 amide bonds. The predicted molar refractivity (Wildman–Crippen MR) is 76.2 cm³/mol. The van der Waals surface area contributed by atoms with Gasteiger partial charge in [0.2, 0.25) is 11.7 Å². The summed E-state index contributed by atoms with van der Waals surface area (Å²) in [7, 11) is 0. The number of nitrogens with zero attached hydrogens (tertiary/aromatic N) is 5. The Hall–Kier alpha value is -1.82.